The fourth-order valence-electron chi connectivity index (χ4n) is 4.14. The molecule has 2 heterocycles. The Morgan fingerprint density at radius 3 is 2.61 bits per heavy atom. The molecule has 1 aromatic heterocycles. The zero-order valence-corrected chi connectivity index (χ0v) is 20.1. The first-order valence-electron chi connectivity index (χ1n) is 11.2. The monoisotopic (exact) mass is 492 g/mol. The zero-order valence-electron chi connectivity index (χ0n) is 18.5. The molecule has 0 spiro atoms. The van der Waals surface area contributed by atoms with E-state index < -0.39 is 16.0 Å². The molecule has 4 rings (SSSR count). The maximum Gasteiger partial charge on any atom is 0.338 e. The fourth-order valence-corrected chi connectivity index (χ4v) is 6.74. The van der Waals surface area contributed by atoms with Gasteiger partial charge in [-0.2, -0.15) is 0 Å². The smallest absolute Gasteiger partial charge is 0.338 e. The van der Waals surface area contributed by atoms with Crippen molar-refractivity contribution in [2.45, 2.75) is 56.4 Å². The van der Waals surface area contributed by atoms with Crippen LogP contribution in [0.25, 0.3) is 0 Å². The standard InChI is InChI=1S/C23H28N2O6S2/c1-2-30-23(27)15-9-11-17(12-10-15)33(28,29)25-22-20(18-7-3-4-8-19(18)32-22)21(26)24-14-16-6-5-13-31-16/h9-12,16,25H,2-8,13-14H2,1H3,(H,24,26). The first-order valence-corrected chi connectivity index (χ1v) is 13.5. The molecule has 0 saturated carbocycles. The van der Waals surface area contributed by atoms with Gasteiger partial charge in [0.05, 0.1) is 28.7 Å². The van der Waals surface area contributed by atoms with Gasteiger partial charge in [0.25, 0.3) is 15.9 Å². The van der Waals surface area contributed by atoms with Crippen molar-refractivity contribution in [2.24, 2.45) is 0 Å². The highest BCUT2D eigenvalue weighted by atomic mass is 32.2. The molecule has 2 aromatic rings. The summed E-state index contributed by atoms with van der Waals surface area (Å²) in [5.74, 6) is -0.786. The average molecular weight is 493 g/mol. The predicted octanol–water partition coefficient (Wildman–Crippen LogP) is 3.51. The maximum absolute atomic E-state index is 13.1. The van der Waals surface area contributed by atoms with Crippen molar-refractivity contribution in [1.82, 2.24) is 5.32 Å². The van der Waals surface area contributed by atoms with Crippen LogP contribution in [0.15, 0.2) is 29.2 Å². The van der Waals surface area contributed by atoms with Crippen molar-refractivity contribution in [3.63, 3.8) is 0 Å². The molecule has 2 aliphatic rings. The van der Waals surface area contributed by atoms with E-state index in [-0.39, 0.29) is 29.1 Å². The van der Waals surface area contributed by atoms with Crippen LogP contribution in [0.1, 0.15) is 63.8 Å². The molecule has 0 bridgehead atoms. The van der Waals surface area contributed by atoms with Gasteiger partial charge in [-0.3, -0.25) is 9.52 Å². The first-order chi connectivity index (χ1) is 15.9. The van der Waals surface area contributed by atoms with Crippen molar-refractivity contribution in [3.05, 3.63) is 45.8 Å². The lowest BCUT2D eigenvalue weighted by molar-refractivity contribution is 0.0526. The minimum Gasteiger partial charge on any atom is -0.462 e. The summed E-state index contributed by atoms with van der Waals surface area (Å²) in [5.41, 5.74) is 1.63. The van der Waals surface area contributed by atoms with Gasteiger partial charge >= 0.3 is 5.97 Å². The lowest BCUT2D eigenvalue weighted by Crippen LogP contribution is -2.32. The number of carbonyl (C=O) groups excluding carboxylic acids is 2. The van der Waals surface area contributed by atoms with Crippen molar-refractivity contribution >= 4 is 38.2 Å². The number of rotatable bonds is 8. The Bertz CT molecular complexity index is 1120. The molecule has 178 valence electrons. The maximum atomic E-state index is 13.1. The lowest BCUT2D eigenvalue weighted by Gasteiger charge is -2.15. The van der Waals surface area contributed by atoms with Crippen LogP contribution >= 0.6 is 11.3 Å². The molecule has 1 aromatic carbocycles. The lowest BCUT2D eigenvalue weighted by atomic mass is 9.95. The summed E-state index contributed by atoms with van der Waals surface area (Å²) in [5, 5.41) is 3.27. The van der Waals surface area contributed by atoms with E-state index in [9.17, 15) is 18.0 Å². The zero-order chi connectivity index (χ0) is 23.4. The van der Waals surface area contributed by atoms with Crippen molar-refractivity contribution < 1.29 is 27.5 Å². The van der Waals surface area contributed by atoms with E-state index in [0.29, 0.717) is 23.7 Å². The number of ether oxygens (including phenoxy) is 2. The topological polar surface area (TPSA) is 111 Å². The molecule has 1 unspecified atom stereocenters. The summed E-state index contributed by atoms with van der Waals surface area (Å²) in [6.07, 6.45) is 5.47. The Hall–Kier alpha value is -2.43. The van der Waals surface area contributed by atoms with Crippen LogP contribution in [0.4, 0.5) is 5.00 Å². The minimum absolute atomic E-state index is 0.00136. The van der Waals surface area contributed by atoms with Gasteiger partial charge in [0.1, 0.15) is 5.00 Å². The van der Waals surface area contributed by atoms with Gasteiger partial charge in [0.2, 0.25) is 0 Å². The molecule has 8 nitrogen and oxygen atoms in total. The third-order valence-electron chi connectivity index (χ3n) is 5.82. The highest BCUT2D eigenvalue weighted by Gasteiger charge is 2.29. The summed E-state index contributed by atoms with van der Waals surface area (Å²) >= 11 is 1.33. The third kappa shape index (κ3) is 5.39. The van der Waals surface area contributed by atoms with E-state index >= 15 is 0 Å². The van der Waals surface area contributed by atoms with Gasteiger partial charge < -0.3 is 14.8 Å². The molecule has 10 heteroatoms. The van der Waals surface area contributed by atoms with Gasteiger partial charge in [-0.25, -0.2) is 13.2 Å². The molecule has 1 saturated heterocycles. The second kappa shape index (κ2) is 10.2. The van der Waals surface area contributed by atoms with Crippen molar-refractivity contribution in [1.29, 1.82) is 0 Å². The summed E-state index contributed by atoms with van der Waals surface area (Å²) in [6, 6.07) is 5.56. The number of hydrogen-bond donors (Lipinski definition) is 2. The van der Waals surface area contributed by atoms with E-state index in [4.69, 9.17) is 9.47 Å². The Morgan fingerprint density at radius 1 is 1.15 bits per heavy atom. The molecule has 0 radical (unpaired) electrons. The number of fused-ring (bicyclic) bond motifs is 1. The third-order valence-corrected chi connectivity index (χ3v) is 8.52. The molecular weight excluding hydrogens is 464 g/mol. The number of sulfonamides is 1. The Kier molecular flexibility index (Phi) is 7.35. The van der Waals surface area contributed by atoms with E-state index in [1.54, 1.807) is 6.92 Å². The van der Waals surface area contributed by atoms with E-state index in [1.165, 1.54) is 35.6 Å². The summed E-state index contributed by atoms with van der Waals surface area (Å²) in [6.45, 7) is 3.05. The summed E-state index contributed by atoms with van der Waals surface area (Å²) < 4.78 is 39.3. The molecule has 1 fully saturated rings. The molecule has 1 aliphatic heterocycles. The van der Waals surface area contributed by atoms with Gasteiger partial charge in [-0.15, -0.1) is 11.3 Å². The van der Waals surface area contributed by atoms with E-state index in [0.717, 1.165) is 49.0 Å². The number of hydrogen-bond acceptors (Lipinski definition) is 7. The largest absolute Gasteiger partial charge is 0.462 e. The first kappa shape index (κ1) is 23.7. The number of aryl methyl sites for hydroxylation is 1. The molecule has 1 amide bonds. The predicted molar refractivity (Wildman–Crippen MR) is 125 cm³/mol. The minimum atomic E-state index is -3.95. The highest BCUT2D eigenvalue weighted by molar-refractivity contribution is 7.93. The normalized spacial score (nSPS) is 17.9. The second-order valence-corrected chi connectivity index (χ2v) is 10.9. The second-order valence-electron chi connectivity index (χ2n) is 8.11. The molecule has 2 N–H and O–H groups in total. The van der Waals surface area contributed by atoms with Crippen molar-refractivity contribution in [2.75, 3.05) is 24.5 Å². The number of esters is 1. The number of thiophene rings is 1. The average Bonchev–Trinajstić information content (AvgIpc) is 3.45. The van der Waals surface area contributed by atoms with Gasteiger partial charge in [0, 0.05) is 18.0 Å². The Balaban J connectivity index is 1.57. The van der Waals surface area contributed by atoms with Crippen LogP contribution in [0.5, 0.6) is 0 Å². The van der Waals surface area contributed by atoms with Gasteiger partial charge in [-0.05, 0) is 75.3 Å². The van der Waals surface area contributed by atoms with Gasteiger partial charge in [-0.1, -0.05) is 0 Å². The van der Waals surface area contributed by atoms with Crippen LogP contribution < -0.4 is 10.0 Å². The van der Waals surface area contributed by atoms with Crippen LogP contribution in [0, 0.1) is 0 Å². The number of amides is 1. The number of nitrogens with one attached hydrogen (secondary N) is 2. The number of benzene rings is 1. The van der Waals surface area contributed by atoms with E-state index in [2.05, 4.69) is 10.0 Å². The van der Waals surface area contributed by atoms with Crippen LogP contribution in [-0.4, -0.2) is 46.2 Å². The van der Waals surface area contributed by atoms with Crippen LogP contribution in [-0.2, 0) is 32.3 Å². The van der Waals surface area contributed by atoms with Gasteiger partial charge in [0.15, 0.2) is 0 Å². The molecule has 1 atom stereocenters. The fraction of sp³-hybridized carbons (Fsp3) is 0.478. The highest BCUT2D eigenvalue weighted by Crippen LogP contribution is 2.39. The van der Waals surface area contributed by atoms with Crippen molar-refractivity contribution in [3.8, 4) is 0 Å². The molecular formula is C23H28N2O6S2. The van der Waals surface area contributed by atoms with Crippen LogP contribution in [0.2, 0.25) is 0 Å². The van der Waals surface area contributed by atoms with Crippen LogP contribution in [0.3, 0.4) is 0 Å². The Labute approximate surface area is 197 Å². The SMILES string of the molecule is CCOC(=O)c1ccc(S(=O)(=O)Nc2sc3c(c2C(=O)NCC2CCCO2)CCCC3)cc1. The Morgan fingerprint density at radius 2 is 1.91 bits per heavy atom. The summed E-state index contributed by atoms with van der Waals surface area (Å²) in [7, 11) is -3.95. The number of carbonyl (C=O) groups is 2. The summed E-state index contributed by atoms with van der Waals surface area (Å²) in [4.78, 5) is 26.0. The quantitative estimate of drug-likeness (QED) is 0.546. The molecule has 33 heavy (non-hydrogen) atoms. The van der Waals surface area contributed by atoms with E-state index in [1.807, 2.05) is 0 Å². The molecule has 1 aliphatic carbocycles. The number of anilines is 1.